The van der Waals surface area contributed by atoms with Gasteiger partial charge < -0.3 is 38.3 Å². The van der Waals surface area contributed by atoms with E-state index in [9.17, 15) is 29.1 Å². The molecule has 0 radical (unpaired) electrons. The van der Waals surface area contributed by atoms with E-state index in [1.165, 1.54) is 26.0 Å². The molecular formula is C55H56O14. The fourth-order valence-corrected chi connectivity index (χ4v) is 11.0. The lowest BCUT2D eigenvalue weighted by atomic mass is 9.44. The maximum Gasteiger partial charge on any atom is 0.509 e. The molecule has 3 aliphatic carbocycles. The zero-order valence-electron chi connectivity index (χ0n) is 39.4. The van der Waals surface area contributed by atoms with Crippen LogP contribution in [0.3, 0.4) is 0 Å². The molecule has 14 heteroatoms. The van der Waals surface area contributed by atoms with Crippen molar-refractivity contribution in [2.75, 3.05) is 6.61 Å². The number of carbonyl (C=O) groups is 6. The maximum absolute atomic E-state index is 16.3. The van der Waals surface area contributed by atoms with E-state index >= 15 is 4.79 Å². The molecule has 8 rings (SSSR count). The first-order valence-electron chi connectivity index (χ1n) is 23.0. The third-order valence-corrected chi connectivity index (χ3v) is 14.5. The van der Waals surface area contributed by atoms with Crippen LogP contribution in [0.25, 0.3) is 6.08 Å². The van der Waals surface area contributed by atoms with Gasteiger partial charge in [0.15, 0.2) is 23.3 Å². The molecule has 69 heavy (non-hydrogen) atoms. The largest absolute Gasteiger partial charge is 0.509 e. The zero-order valence-corrected chi connectivity index (χ0v) is 39.4. The highest BCUT2D eigenvalue weighted by atomic mass is 16.7. The van der Waals surface area contributed by atoms with Crippen LogP contribution in [0.2, 0.25) is 0 Å². The van der Waals surface area contributed by atoms with Gasteiger partial charge in [-0.05, 0) is 47.8 Å². The van der Waals surface area contributed by atoms with E-state index in [0.29, 0.717) is 33.4 Å². The molecule has 1 saturated heterocycles. The molecule has 2 saturated carbocycles. The second kappa shape index (κ2) is 19.3. The lowest BCUT2D eigenvalue weighted by Crippen LogP contribution is -2.82. The van der Waals surface area contributed by atoms with Gasteiger partial charge in [0.25, 0.3) is 0 Å². The van der Waals surface area contributed by atoms with Gasteiger partial charge >= 0.3 is 24.1 Å². The standard InChI is InChI=1S/C55H56O14/c1-33-41(66-34(2)56)29-55(62)50(63-30-37-16-10-7-11-17-37)48-53(6,49(60)47(45(33)52(55,4)5)68-51(61)64-31-38-18-12-8-13-19-38)42(28-43-54(48,32-65-43)69-35(3)57)67-44(58)27-24-36-22-25-40(26-23-36)46(59)39-20-14-9-15-21-39/h7-27,41-43,47-48,50,62H,28-32H2,1-6H3/b27-24+/t41-,42-,43+,47+,48-,50-,53+,54-,55+/m0/s1. The van der Waals surface area contributed by atoms with Crippen molar-refractivity contribution in [3.63, 3.8) is 0 Å². The second-order valence-electron chi connectivity index (χ2n) is 19.0. The molecular weight excluding hydrogens is 885 g/mol. The summed E-state index contributed by atoms with van der Waals surface area (Å²) in [6.07, 6.45) is -5.72. The highest BCUT2D eigenvalue weighted by Gasteiger charge is 2.78. The van der Waals surface area contributed by atoms with Crippen molar-refractivity contribution in [1.29, 1.82) is 0 Å². The van der Waals surface area contributed by atoms with Crippen LogP contribution in [0.5, 0.6) is 0 Å². The number of carbonyl (C=O) groups excluding carboxylic acids is 6. The van der Waals surface area contributed by atoms with Crippen molar-refractivity contribution in [1.82, 2.24) is 0 Å². The van der Waals surface area contributed by atoms with Gasteiger partial charge in [-0.15, -0.1) is 0 Å². The number of aliphatic hydroxyl groups is 1. The van der Waals surface area contributed by atoms with Gasteiger partial charge in [-0.1, -0.05) is 129 Å². The highest BCUT2D eigenvalue weighted by molar-refractivity contribution is 6.09. The van der Waals surface area contributed by atoms with Crippen LogP contribution in [0.1, 0.15) is 87.0 Å². The summed E-state index contributed by atoms with van der Waals surface area (Å²) in [6.45, 7) is 8.50. The van der Waals surface area contributed by atoms with Crippen molar-refractivity contribution in [2.45, 2.75) is 109 Å². The minimum Gasteiger partial charge on any atom is -0.458 e. The normalized spacial score (nSPS) is 28.9. The number of hydrogen-bond acceptors (Lipinski definition) is 14. The van der Waals surface area contributed by atoms with E-state index in [1.54, 1.807) is 107 Å². The fraction of sp³-hybridized carbons (Fsp3) is 0.382. The third kappa shape index (κ3) is 9.16. The van der Waals surface area contributed by atoms with Gasteiger partial charge in [0, 0.05) is 55.2 Å². The molecule has 0 spiro atoms. The Morgan fingerprint density at radius 3 is 1.93 bits per heavy atom. The van der Waals surface area contributed by atoms with E-state index in [0.717, 1.165) is 0 Å². The van der Waals surface area contributed by atoms with Crippen molar-refractivity contribution in [3.8, 4) is 0 Å². The Morgan fingerprint density at radius 2 is 1.35 bits per heavy atom. The average Bonchev–Trinajstić information content (AvgIpc) is 3.32. The Labute approximate surface area is 400 Å². The fourth-order valence-electron chi connectivity index (χ4n) is 11.0. The minimum atomic E-state index is -2.11. The summed E-state index contributed by atoms with van der Waals surface area (Å²) >= 11 is 0. The third-order valence-electron chi connectivity index (χ3n) is 14.5. The summed E-state index contributed by atoms with van der Waals surface area (Å²) in [5, 5.41) is 13.8. The maximum atomic E-state index is 16.3. The van der Waals surface area contributed by atoms with Crippen LogP contribution >= 0.6 is 0 Å². The Balaban J connectivity index is 1.25. The van der Waals surface area contributed by atoms with E-state index in [1.807, 2.05) is 36.4 Å². The SMILES string of the molecule is CC(=O)O[C@H]1C[C@@]2(O)[C@@H](OCc3ccccc3)[C@@H]3[C@]4(OC(C)=O)CO[C@@H]4C[C@H](OC(=O)/C=C/c4ccc(C(=O)c5ccccc5)cc4)[C@@]3(C)C(=O)[C@H](OC(=O)OCc3ccccc3)C(=C1C)C2(C)C. The number of ketones is 2. The monoisotopic (exact) mass is 940 g/mol. The van der Waals surface area contributed by atoms with Crippen molar-refractivity contribution < 1.29 is 67.0 Å². The molecule has 1 aliphatic heterocycles. The predicted molar refractivity (Wildman–Crippen MR) is 249 cm³/mol. The highest BCUT2D eigenvalue weighted by Crippen LogP contribution is 2.65. The summed E-state index contributed by atoms with van der Waals surface area (Å²) < 4.78 is 43.4. The number of esters is 3. The smallest absolute Gasteiger partial charge is 0.458 e. The Kier molecular flexibility index (Phi) is 13.6. The molecule has 3 fully saturated rings. The van der Waals surface area contributed by atoms with Crippen LogP contribution in [0.4, 0.5) is 4.79 Å². The molecule has 1 N–H and O–H groups in total. The van der Waals surface area contributed by atoms with Crippen LogP contribution in [-0.2, 0) is 65.5 Å². The van der Waals surface area contributed by atoms with Crippen molar-refractivity contribution in [3.05, 3.63) is 160 Å². The van der Waals surface area contributed by atoms with Crippen LogP contribution < -0.4 is 0 Å². The molecule has 1 heterocycles. The number of ether oxygens (including phenoxy) is 7. The summed E-state index contributed by atoms with van der Waals surface area (Å²) in [4.78, 5) is 83.6. The van der Waals surface area contributed by atoms with Crippen molar-refractivity contribution in [2.24, 2.45) is 16.7 Å². The molecule has 0 aromatic heterocycles. The minimum absolute atomic E-state index is 0.0999. The van der Waals surface area contributed by atoms with Crippen LogP contribution in [0, 0.1) is 16.7 Å². The molecule has 360 valence electrons. The van der Waals surface area contributed by atoms with Gasteiger partial charge in [0.1, 0.15) is 30.5 Å². The second-order valence-corrected chi connectivity index (χ2v) is 19.0. The lowest BCUT2D eigenvalue weighted by Gasteiger charge is -2.68. The number of benzene rings is 4. The summed E-state index contributed by atoms with van der Waals surface area (Å²) in [5.41, 5.74) is -3.89. The van der Waals surface area contributed by atoms with Gasteiger partial charge in [-0.2, -0.15) is 0 Å². The van der Waals surface area contributed by atoms with Crippen molar-refractivity contribution >= 4 is 41.7 Å². The van der Waals surface area contributed by atoms with E-state index in [4.69, 9.17) is 33.2 Å². The number of hydrogen-bond donors (Lipinski definition) is 1. The predicted octanol–water partition coefficient (Wildman–Crippen LogP) is 7.87. The first kappa shape index (κ1) is 48.7. The Bertz CT molecular complexity index is 2660. The summed E-state index contributed by atoms with van der Waals surface area (Å²) in [7, 11) is 0. The Morgan fingerprint density at radius 1 is 0.754 bits per heavy atom. The molecule has 4 aliphatic rings. The topological polar surface area (TPSA) is 187 Å². The molecule has 0 amide bonds. The van der Waals surface area contributed by atoms with E-state index in [2.05, 4.69) is 0 Å². The van der Waals surface area contributed by atoms with Gasteiger partial charge in [0.2, 0.25) is 0 Å². The first-order valence-corrected chi connectivity index (χ1v) is 23.0. The number of rotatable bonds is 13. The number of fused-ring (bicyclic) bond motifs is 5. The van der Waals surface area contributed by atoms with E-state index in [-0.39, 0.29) is 44.0 Å². The molecule has 4 aromatic rings. The average molecular weight is 941 g/mol. The summed E-state index contributed by atoms with van der Waals surface area (Å²) in [6, 6.07) is 33.5. The number of Topliss-reactive ketones (excluding diaryl/α,β-unsaturated/α-hetero) is 1. The molecule has 9 atom stereocenters. The first-order chi connectivity index (χ1) is 32.9. The molecule has 4 aromatic carbocycles. The zero-order chi connectivity index (χ0) is 49.3. The van der Waals surface area contributed by atoms with Gasteiger partial charge in [-0.3, -0.25) is 19.2 Å². The molecule has 14 nitrogen and oxygen atoms in total. The molecule has 2 bridgehead atoms. The lowest BCUT2D eigenvalue weighted by molar-refractivity contribution is -0.352. The summed E-state index contributed by atoms with van der Waals surface area (Å²) in [5.74, 6) is -4.55. The van der Waals surface area contributed by atoms with Crippen LogP contribution in [0.15, 0.2) is 132 Å². The van der Waals surface area contributed by atoms with Gasteiger partial charge in [-0.25, -0.2) is 9.59 Å². The quantitative estimate of drug-likeness (QED) is 0.0449. The Hall–Kier alpha value is -6.74. The van der Waals surface area contributed by atoms with E-state index < -0.39 is 88.3 Å². The molecule has 0 unspecified atom stereocenters. The van der Waals surface area contributed by atoms with Crippen LogP contribution in [-0.4, -0.2) is 89.1 Å². The van der Waals surface area contributed by atoms with Gasteiger partial charge in [0.05, 0.1) is 24.7 Å².